The molecule has 0 bridgehead atoms. The summed E-state index contributed by atoms with van der Waals surface area (Å²) in [6.45, 7) is 19.5. The number of benzene rings is 3. The third-order valence-electron chi connectivity index (χ3n) is 10.2. The summed E-state index contributed by atoms with van der Waals surface area (Å²) >= 11 is 0. The Bertz CT molecular complexity index is 1730. The summed E-state index contributed by atoms with van der Waals surface area (Å²) in [4.78, 5) is 16.8. The Morgan fingerprint density at radius 3 is 2.08 bits per heavy atom. The molecule has 1 N–H and O–H groups in total. The van der Waals surface area contributed by atoms with Gasteiger partial charge in [-0.1, -0.05) is 116 Å². The van der Waals surface area contributed by atoms with Gasteiger partial charge in [-0.2, -0.15) is 0 Å². The summed E-state index contributed by atoms with van der Waals surface area (Å²) in [5, 5.41) is 13.3. The van der Waals surface area contributed by atoms with E-state index in [0.29, 0.717) is 5.41 Å². The topological polar surface area (TPSA) is 50.2 Å². The minimum Gasteiger partial charge on any atom is -0.512 e. The molecule has 0 saturated heterocycles. The van der Waals surface area contributed by atoms with Crippen molar-refractivity contribution >= 4 is 27.5 Å². The number of pyridine rings is 1. The van der Waals surface area contributed by atoms with Crippen molar-refractivity contribution in [3.8, 4) is 11.3 Å². The van der Waals surface area contributed by atoms with Crippen molar-refractivity contribution in [2.24, 2.45) is 17.3 Å². The first-order valence-electron chi connectivity index (χ1n) is 18.5. The molecule has 0 spiro atoms. The molecule has 0 atom stereocenters. The Hall–Kier alpha value is -2.81. The smallest absolute Gasteiger partial charge is 0.162 e. The normalized spacial score (nSPS) is 16.3. The number of hydrogen-bond donors (Lipinski definition) is 1. The molecule has 5 rings (SSSR count). The number of para-hydroxylation sites is 1. The summed E-state index contributed by atoms with van der Waals surface area (Å²) in [6, 6.07) is 25.0. The molecule has 1 fully saturated rings. The van der Waals surface area contributed by atoms with E-state index in [1.807, 2.05) is 33.8 Å². The van der Waals surface area contributed by atoms with E-state index in [-0.39, 0.29) is 48.9 Å². The van der Waals surface area contributed by atoms with E-state index in [0.717, 1.165) is 84.5 Å². The molecule has 1 aliphatic rings. The molecule has 0 unspecified atom stereocenters. The van der Waals surface area contributed by atoms with Gasteiger partial charge in [0, 0.05) is 50.5 Å². The fraction of sp³-hybridized carbons (Fsp3) is 0.500. The van der Waals surface area contributed by atoms with Crippen LogP contribution in [0.25, 0.3) is 32.9 Å². The summed E-state index contributed by atoms with van der Waals surface area (Å²) in [7, 11) is 0. The number of carbonyl (C=O) groups excluding carboxylic acids is 1. The Morgan fingerprint density at radius 1 is 0.938 bits per heavy atom. The minimum atomic E-state index is -0.573. The quantitative estimate of drug-likeness (QED) is 0.104. The second kappa shape index (κ2) is 17.2. The van der Waals surface area contributed by atoms with Crippen molar-refractivity contribution in [3.63, 3.8) is 0 Å². The van der Waals surface area contributed by atoms with Crippen LogP contribution in [0.4, 0.5) is 0 Å². The zero-order valence-corrected chi connectivity index (χ0v) is 33.2. The molecule has 1 heterocycles. The van der Waals surface area contributed by atoms with Crippen LogP contribution in [0, 0.1) is 23.3 Å². The number of nitrogens with zero attached hydrogens (tertiary/aromatic N) is 1. The van der Waals surface area contributed by atoms with Crippen LogP contribution in [-0.2, 0) is 30.3 Å². The average molecular weight is 826 g/mol. The molecule has 0 aliphatic heterocycles. The maximum Gasteiger partial charge on any atom is 0.162 e. The second-order valence-electron chi connectivity index (χ2n) is 15.2. The Balaban J connectivity index is 0.000000347. The number of allylic oxidation sites excluding steroid dienone is 2. The van der Waals surface area contributed by atoms with E-state index in [9.17, 15) is 11.3 Å². The van der Waals surface area contributed by atoms with Crippen molar-refractivity contribution < 1.29 is 31.4 Å². The van der Waals surface area contributed by atoms with Crippen LogP contribution < -0.4 is 0 Å². The van der Waals surface area contributed by atoms with E-state index in [4.69, 9.17) is 4.98 Å². The molecule has 4 aromatic rings. The van der Waals surface area contributed by atoms with Gasteiger partial charge < -0.3 is 5.11 Å². The molecule has 1 aromatic heterocycles. The number of aliphatic hydroxyl groups is 1. The number of aromatic nitrogens is 1. The van der Waals surface area contributed by atoms with Crippen LogP contribution in [0.15, 0.2) is 72.5 Å². The van der Waals surface area contributed by atoms with Crippen LogP contribution in [0.2, 0.25) is 0 Å². The molecule has 3 nitrogen and oxygen atoms in total. The van der Waals surface area contributed by atoms with Crippen LogP contribution in [0.3, 0.4) is 0 Å². The van der Waals surface area contributed by atoms with Gasteiger partial charge in [-0.15, -0.1) is 29.1 Å². The van der Waals surface area contributed by atoms with E-state index in [1.165, 1.54) is 17.0 Å². The first kappa shape index (κ1) is 38.0. The first-order valence-corrected chi connectivity index (χ1v) is 18.0. The molecule has 4 heteroatoms. The number of ketones is 1. The Kier molecular flexibility index (Phi) is 13.6. The summed E-state index contributed by atoms with van der Waals surface area (Å²) in [6.07, 6.45) is 8.85. The van der Waals surface area contributed by atoms with Crippen molar-refractivity contribution in [1.29, 1.82) is 0 Å². The van der Waals surface area contributed by atoms with E-state index in [2.05, 4.69) is 95.3 Å². The van der Waals surface area contributed by atoms with Gasteiger partial charge in [0.15, 0.2) is 5.78 Å². The van der Waals surface area contributed by atoms with Gasteiger partial charge in [-0.3, -0.25) is 9.78 Å². The zero-order valence-electron chi connectivity index (χ0n) is 31.8. The molecule has 48 heavy (non-hydrogen) atoms. The van der Waals surface area contributed by atoms with Gasteiger partial charge in [0.05, 0.1) is 11.3 Å². The number of fused-ring (bicyclic) bond motifs is 2. The monoisotopic (exact) mass is 826 g/mol. The molecular formula is C44H58IrNO2-. The van der Waals surface area contributed by atoms with Gasteiger partial charge in [-0.05, 0) is 79.7 Å². The average Bonchev–Trinajstić information content (AvgIpc) is 3.06. The van der Waals surface area contributed by atoms with E-state index < -0.39 is 5.89 Å². The zero-order chi connectivity index (χ0) is 35.3. The molecule has 0 amide bonds. The van der Waals surface area contributed by atoms with Gasteiger partial charge in [0.1, 0.15) is 0 Å². The minimum absolute atomic E-state index is 0. The fourth-order valence-corrected chi connectivity index (χ4v) is 6.87. The van der Waals surface area contributed by atoms with Crippen molar-refractivity contribution in [2.75, 3.05) is 0 Å². The van der Waals surface area contributed by atoms with Crippen LogP contribution in [-0.4, -0.2) is 15.9 Å². The summed E-state index contributed by atoms with van der Waals surface area (Å²) in [5.41, 5.74) is 5.68. The number of hydrogen-bond acceptors (Lipinski definition) is 3. The molecule has 261 valence electrons. The van der Waals surface area contributed by atoms with E-state index >= 15 is 0 Å². The Labute approximate surface area is 305 Å². The van der Waals surface area contributed by atoms with Crippen molar-refractivity contribution in [1.82, 2.24) is 4.98 Å². The maximum absolute atomic E-state index is 11.7. The van der Waals surface area contributed by atoms with Gasteiger partial charge >= 0.3 is 0 Å². The SMILES string of the molecule is CCC(CC)C(=O)/C=C(\O)C(CC)CC.[2H]C1(c2cc(-c3[c-]c4ccccc4c(C(C)(C)C)c3)nc3ccccc23)CCC(C)(C)CC1.[Ir]. The first-order chi connectivity index (χ1) is 22.7. The van der Waals surface area contributed by atoms with E-state index in [1.54, 1.807) is 0 Å². The Morgan fingerprint density at radius 2 is 1.50 bits per heavy atom. The van der Waals surface area contributed by atoms with Gasteiger partial charge in [0.25, 0.3) is 0 Å². The molecule has 1 aliphatic carbocycles. The standard InChI is InChI=1S/C31H34N.C13H24O2.Ir/c1-30(2,3)27-19-23(18-22-10-6-7-11-24(22)27)29-20-26(21-14-16-31(4,5)17-15-21)25-12-8-9-13-28(25)32-29;1-5-10(6-2)12(14)9-13(15)11(7-3)8-4;/h6-13,19-21H,14-17H2,1-5H3;9-11,14H,5-8H2,1-4H3;/q-1;;/b;12-9-;/i21D;;. The predicted molar refractivity (Wildman–Crippen MR) is 201 cm³/mol. The maximum atomic E-state index is 11.7. The van der Waals surface area contributed by atoms with Crippen molar-refractivity contribution in [3.05, 3.63) is 89.7 Å². The molecule has 1 saturated carbocycles. The van der Waals surface area contributed by atoms with Crippen molar-refractivity contribution in [2.45, 2.75) is 125 Å². The summed E-state index contributed by atoms with van der Waals surface area (Å²) in [5.74, 6) is -0.0256. The molecular weight excluding hydrogens is 767 g/mol. The number of carbonyl (C=O) groups is 1. The van der Waals surface area contributed by atoms with Crippen LogP contribution >= 0.6 is 0 Å². The molecule has 1 radical (unpaired) electrons. The molecule has 3 aromatic carbocycles. The number of rotatable bonds is 9. The fourth-order valence-electron chi connectivity index (χ4n) is 6.87. The predicted octanol–water partition coefficient (Wildman–Crippen LogP) is 12.7. The third-order valence-corrected chi connectivity index (χ3v) is 10.2. The van der Waals surface area contributed by atoms with Gasteiger partial charge in [0.2, 0.25) is 0 Å². The summed E-state index contributed by atoms with van der Waals surface area (Å²) < 4.78 is 9.51. The largest absolute Gasteiger partial charge is 0.512 e. The van der Waals surface area contributed by atoms with Crippen LogP contribution in [0.5, 0.6) is 0 Å². The third kappa shape index (κ3) is 9.66. The second-order valence-corrected chi connectivity index (χ2v) is 15.2. The number of aliphatic hydroxyl groups excluding tert-OH is 1. The van der Waals surface area contributed by atoms with Gasteiger partial charge in [-0.25, -0.2) is 0 Å². The van der Waals surface area contributed by atoms with Crippen LogP contribution in [0.1, 0.15) is 132 Å².